The molecule has 118 valence electrons. The molecule has 0 spiro atoms. The fourth-order valence-electron chi connectivity index (χ4n) is 2.30. The van der Waals surface area contributed by atoms with Crippen molar-refractivity contribution >= 4 is 5.91 Å². The molecule has 0 saturated carbocycles. The van der Waals surface area contributed by atoms with Gasteiger partial charge in [-0.1, -0.05) is 51.1 Å². The molecular formula is C17H28N2O2. The zero-order chi connectivity index (χ0) is 15.9. The third-order valence-electron chi connectivity index (χ3n) is 3.96. The summed E-state index contributed by atoms with van der Waals surface area (Å²) in [5, 5.41) is 3.26. The molecule has 0 radical (unpaired) electrons. The fourth-order valence-corrected chi connectivity index (χ4v) is 2.30. The van der Waals surface area contributed by atoms with Crippen LogP contribution < -0.4 is 11.1 Å². The summed E-state index contributed by atoms with van der Waals surface area (Å²) in [5.41, 5.74) is 5.73. The number of likely N-dealkylation sites (N-methyl/N-ethyl adjacent to an activating group) is 1. The minimum Gasteiger partial charge on any atom is -0.378 e. The zero-order valence-electron chi connectivity index (χ0n) is 13.6. The van der Waals surface area contributed by atoms with Gasteiger partial charge in [0.1, 0.15) is 5.54 Å². The zero-order valence-corrected chi connectivity index (χ0v) is 13.6. The molecule has 0 fully saturated rings. The van der Waals surface area contributed by atoms with Crippen molar-refractivity contribution in [3.05, 3.63) is 35.9 Å². The van der Waals surface area contributed by atoms with Crippen LogP contribution in [-0.2, 0) is 15.1 Å². The highest BCUT2D eigenvalue weighted by Gasteiger charge is 2.37. The summed E-state index contributed by atoms with van der Waals surface area (Å²) < 4.78 is 5.83. The number of benzene rings is 1. The van der Waals surface area contributed by atoms with Crippen molar-refractivity contribution in [2.24, 2.45) is 11.7 Å². The van der Waals surface area contributed by atoms with Crippen molar-refractivity contribution < 1.29 is 9.53 Å². The highest BCUT2D eigenvalue weighted by molar-refractivity contribution is 5.86. The predicted molar refractivity (Wildman–Crippen MR) is 85.9 cm³/mol. The van der Waals surface area contributed by atoms with Crippen LogP contribution in [0, 0.1) is 5.92 Å². The average Bonchev–Trinajstić information content (AvgIpc) is 2.46. The molecule has 3 N–H and O–H groups in total. The van der Waals surface area contributed by atoms with Crippen molar-refractivity contribution in [2.45, 2.75) is 45.8 Å². The van der Waals surface area contributed by atoms with Gasteiger partial charge in [-0.15, -0.1) is 0 Å². The van der Waals surface area contributed by atoms with Crippen LogP contribution in [0.2, 0.25) is 0 Å². The quantitative estimate of drug-likeness (QED) is 0.734. The topological polar surface area (TPSA) is 64.3 Å². The van der Waals surface area contributed by atoms with Crippen molar-refractivity contribution in [3.8, 4) is 0 Å². The number of amides is 1. The van der Waals surface area contributed by atoms with Crippen LogP contribution in [0.5, 0.6) is 0 Å². The first-order valence-electron chi connectivity index (χ1n) is 7.66. The van der Waals surface area contributed by atoms with Crippen LogP contribution in [0.15, 0.2) is 30.3 Å². The molecular weight excluding hydrogens is 264 g/mol. The number of ether oxygens (including phenoxy) is 1. The van der Waals surface area contributed by atoms with E-state index >= 15 is 0 Å². The second-order valence-electron chi connectivity index (χ2n) is 5.74. The SMILES string of the molecule is CCNC(CCOC(C)C(C)C)(C(N)=O)c1ccccc1. The lowest BCUT2D eigenvalue weighted by Crippen LogP contribution is -2.53. The van der Waals surface area contributed by atoms with Crippen LogP contribution in [0.1, 0.15) is 39.7 Å². The molecule has 0 bridgehead atoms. The van der Waals surface area contributed by atoms with E-state index in [1.54, 1.807) is 0 Å². The van der Waals surface area contributed by atoms with E-state index in [4.69, 9.17) is 10.5 Å². The van der Waals surface area contributed by atoms with E-state index in [0.29, 0.717) is 25.5 Å². The van der Waals surface area contributed by atoms with Gasteiger partial charge < -0.3 is 10.5 Å². The van der Waals surface area contributed by atoms with Crippen LogP contribution in [0.4, 0.5) is 0 Å². The third-order valence-corrected chi connectivity index (χ3v) is 3.96. The van der Waals surface area contributed by atoms with Gasteiger partial charge in [0, 0.05) is 13.0 Å². The molecule has 1 aromatic rings. The summed E-state index contributed by atoms with van der Waals surface area (Å²) in [6.07, 6.45) is 0.685. The molecule has 0 aliphatic heterocycles. The van der Waals surface area contributed by atoms with E-state index in [9.17, 15) is 4.79 Å². The number of carbonyl (C=O) groups excluding carboxylic acids is 1. The van der Waals surface area contributed by atoms with Gasteiger partial charge >= 0.3 is 0 Å². The maximum atomic E-state index is 12.1. The predicted octanol–water partition coefficient (Wildman–Crippen LogP) is 2.43. The van der Waals surface area contributed by atoms with E-state index < -0.39 is 5.54 Å². The van der Waals surface area contributed by atoms with Crippen molar-refractivity contribution in [3.63, 3.8) is 0 Å². The first kappa shape index (κ1) is 17.7. The largest absolute Gasteiger partial charge is 0.378 e. The maximum absolute atomic E-state index is 12.1. The molecule has 0 aliphatic carbocycles. The molecule has 1 amide bonds. The standard InChI is InChI=1S/C17H28N2O2/c1-5-19-17(16(18)20,15-9-7-6-8-10-15)11-12-21-14(4)13(2)3/h6-10,13-14,19H,5,11-12H2,1-4H3,(H2,18,20). The molecule has 1 rings (SSSR count). The second-order valence-corrected chi connectivity index (χ2v) is 5.74. The second kappa shape index (κ2) is 8.15. The third kappa shape index (κ3) is 4.55. The Balaban J connectivity index is 2.90. The Morgan fingerprint density at radius 2 is 1.90 bits per heavy atom. The summed E-state index contributed by atoms with van der Waals surface area (Å²) in [7, 11) is 0. The monoisotopic (exact) mass is 292 g/mol. The summed E-state index contributed by atoms with van der Waals surface area (Å²) in [6.45, 7) is 9.41. The lowest BCUT2D eigenvalue weighted by molar-refractivity contribution is -0.126. The lowest BCUT2D eigenvalue weighted by Gasteiger charge is -2.32. The number of carbonyl (C=O) groups is 1. The van der Waals surface area contributed by atoms with Gasteiger partial charge in [0.25, 0.3) is 0 Å². The van der Waals surface area contributed by atoms with Crippen LogP contribution in [0.25, 0.3) is 0 Å². The lowest BCUT2D eigenvalue weighted by atomic mass is 9.86. The number of primary amides is 1. The Labute approximate surface area is 128 Å². The smallest absolute Gasteiger partial charge is 0.242 e. The Morgan fingerprint density at radius 1 is 1.29 bits per heavy atom. The Morgan fingerprint density at radius 3 is 2.38 bits per heavy atom. The molecule has 1 aromatic carbocycles. The van der Waals surface area contributed by atoms with E-state index in [1.165, 1.54) is 0 Å². The van der Waals surface area contributed by atoms with E-state index in [2.05, 4.69) is 19.2 Å². The summed E-state index contributed by atoms with van der Waals surface area (Å²) in [5.74, 6) is 0.0835. The normalized spacial score (nSPS) is 15.7. The van der Waals surface area contributed by atoms with Crippen LogP contribution in [0.3, 0.4) is 0 Å². The molecule has 0 aromatic heterocycles. The first-order chi connectivity index (χ1) is 9.94. The van der Waals surface area contributed by atoms with Crippen LogP contribution in [-0.4, -0.2) is 25.2 Å². The van der Waals surface area contributed by atoms with Crippen molar-refractivity contribution in [1.82, 2.24) is 5.32 Å². The summed E-state index contributed by atoms with van der Waals surface area (Å²) in [4.78, 5) is 12.1. The van der Waals surface area contributed by atoms with Gasteiger partial charge in [0.15, 0.2) is 0 Å². The van der Waals surface area contributed by atoms with Crippen LogP contribution >= 0.6 is 0 Å². The van der Waals surface area contributed by atoms with Crippen molar-refractivity contribution in [2.75, 3.05) is 13.2 Å². The molecule has 21 heavy (non-hydrogen) atoms. The molecule has 0 heterocycles. The number of nitrogens with one attached hydrogen (secondary N) is 1. The molecule has 4 heteroatoms. The first-order valence-corrected chi connectivity index (χ1v) is 7.66. The minimum atomic E-state index is -0.868. The molecule has 0 aliphatic rings. The Kier molecular flexibility index (Phi) is 6.85. The summed E-state index contributed by atoms with van der Waals surface area (Å²) in [6, 6.07) is 9.63. The number of hydrogen-bond donors (Lipinski definition) is 2. The van der Waals surface area contributed by atoms with Gasteiger partial charge in [-0.05, 0) is 24.9 Å². The average molecular weight is 292 g/mol. The minimum absolute atomic E-state index is 0.160. The number of nitrogens with two attached hydrogens (primary N) is 1. The van der Waals surface area contributed by atoms with Gasteiger partial charge in [-0.3, -0.25) is 10.1 Å². The van der Waals surface area contributed by atoms with Gasteiger partial charge in [-0.2, -0.15) is 0 Å². The molecule has 4 nitrogen and oxygen atoms in total. The van der Waals surface area contributed by atoms with Crippen molar-refractivity contribution in [1.29, 1.82) is 0 Å². The molecule has 2 unspecified atom stereocenters. The van der Waals surface area contributed by atoms with E-state index in [0.717, 1.165) is 5.56 Å². The number of hydrogen-bond acceptors (Lipinski definition) is 3. The van der Waals surface area contributed by atoms with Gasteiger partial charge in [0.2, 0.25) is 5.91 Å². The number of rotatable bonds is 9. The highest BCUT2D eigenvalue weighted by atomic mass is 16.5. The van der Waals surface area contributed by atoms with Gasteiger partial charge in [-0.25, -0.2) is 0 Å². The van der Waals surface area contributed by atoms with E-state index in [-0.39, 0.29) is 12.0 Å². The maximum Gasteiger partial charge on any atom is 0.242 e. The Hall–Kier alpha value is -1.39. The highest BCUT2D eigenvalue weighted by Crippen LogP contribution is 2.25. The summed E-state index contributed by atoms with van der Waals surface area (Å²) >= 11 is 0. The van der Waals surface area contributed by atoms with Gasteiger partial charge in [0.05, 0.1) is 6.10 Å². The van der Waals surface area contributed by atoms with E-state index in [1.807, 2.05) is 44.2 Å². The molecule has 2 atom stereocenters. The fraction of sp³-hybridized carbons (Fsp3) is 0.588. The molecule has 0 saturated heterocycles. The Bertz CT molecular complexity index is 434.